The van der Waals surface area contributed by atoms with E-state index < -0.39 is 23.1 Å². The number of nitrogens with two attached hydrogens (primary N) is 1. The second kappa shape index (κ2) is 8.69. The molecule has 0 bridgehead atoms. The van der Waals surface area contributed by atoms with E-state index in [0.717, 1.165) is 17.3 Å². The Hall–Kier alpha value is -3.15. The molecule has 0 atom stereocenters. The van der Waals surface area contributed by atoms with Gasteiger partial charge in [-0.05, 0) is 20.1 Å². The van der Waals surface area contributed by atoms with Gasteiger partial charge in [0.2, 0.25) is 11.8 Å². The summed E-state index contributed by atoms with van der Waals surface area (Å²) in [7, 11) is 1.52. The van der Waals surface area contributed by atoms with E-state index in [1.807, 2.05) is 6.92 Å². The number of nitrogen functional groups attached to an aromatic ring is 1. The van der Waals surface area contributed by atoms with Crippen molar-refractivity contribution in [3.05, 3.63) is 33.1 Å². The molecule has 2 aromatic rings. The fraction of sp³-hybridized carbons (Fsp3) is 0.375. The number of hydrogen-bond acceptors (Lipinski definition) is 10. The lowest BCUT2D eigenvalue weighted by atomic mass is 10.1. The first-order valence-electron chi connectivity index (χ1n) is 8.01. The number of carbonyl (C=O) groups is 1. The first-order chi connectivity index (χ1) is 13.2. The Morgan fingerprint density at radius 1 is 1.43 bits per heavy atom. The highest BCUT2D eigenvalue weighted by molar-refractivity contribution is 7.98. The van der Waals surface area contributed by atoms with Gasteiger partial charge in [-0.15, -0.1) is 11.8 Å². The van der Waals surface area contributed by atoms with Crippen LogP contribution in [0.2, 0.25) is 0 Å². The van der Waals surface area contributed by atoms with Crippen LogP contribution in [0, 0.1) is 24.0 Å². The number of aryl methyl sites for hydroxylation is 1. The Bertz CT molecular complexity index is 923. The summed E-state index contributed by atoms with van der Waals surface area (Å²) in [6.45, 7) is 3.03. The van der Waals surface area contributed by atoms with Crippen molar-refractivity contribution < 1.29 is 19.6 Å². The molecule has 3 N–H and O–H groups in total. The number of rotatable bonds is 8. The molecule has 28 heavy (non-hydrogen) atoms. The second-order valence-corrected chi connectivity index (χ2v) is 6.61. The van der Waals surface area contributed by atoms with E-state index in [1.165, 1.54) is 12.0 Å². The molecule has 0 amide bonds. The first kappa shape index (κ1) is 21.2. The van der Waals surface area contributed by atoms with Crippen molar-refractivity contribution in [1.29, 1.82) is 0 Å². The third-order valence-corrected chi connectivity index (χ3v) is 4.61. The van der Waals surface area contributed by atoms with Crippen molar-refractivity contribution in [2.75, 3.05) is 30.5 Å². The van der Waals surface area contributed by atoms with Crippen molar-refractivity contribution >= 4 is 35.2 Å². The molecule has 0 saturated carbocycles. The van der Waals surface area contributed by atoms with Crippen LogP contribution in [-0.2, 0) is 11.3 Å². The summed E-state index contributed by atoms with van der Waals surface area (Å²) in [4.78, 5) is 35.8. The van der Waals surface area contributed by atoms with Gasteiger partial charge in [0.1, 0.15) is 12.3 Å². The Balaban J connectivity index is 2.62. The summed E-state index contributed by atoms with van der Waals surface area (Å²) in [5.74, 6) is -0.938. The minimum absolute atomic E-state index is 0.0418. The number of carboxylic acids is 1. The van der Waals surface area contributed by atoms with Gasteiger partial charge in [0.25, 0.3) is 0 Å². The topological polar surface area (TPSA) is 158 Å². The van der Waals surface area contributed by atoms with Gasteiger partial charge in [-0.25, -0.2) is 0 Å². The zero-order chi connectivity index (χ0) is 21.0. The molecule has 0 spiro atoms. The maximum atomic E-state index is 11.6. The number of ether oxygens (including phenoxy) is 1. The molecule has 2 aromatic heterocycles. The maximum absolute atomic E-state index is 11.6. The molecule has 150 valence electrons. The number of aromatic nitrogens is 3. The fourth-order valence-corrected chi connectivity index (χ4v) is 3.29. The Labute approximate surface area is 165 Å². The predicted molar refractivity (Wildman–Crippen MR) is 104 cm³/mol. The standard InChI is InChI=1S/C16H20N6O5S/c1-8-5-18-10(9(2)13(8)27-3)6-21(7-11(23)24)14-12(22(25)26)15(28-4)20-16(17)19-14/h5H,6-7H2,1-4H3,(H,23,24)(H2,17,19,20). The molecule has 0 radical (unpaired) electrons. The van der Waals surface area contributed by atoms with Crippen LogP contribution in [0.5, 0.6) is 5.75 Å². The average molecular weight is 408 g/mol. The number of thioether (sulfide) groups is 1. The normalized spacial score (nSPS) is 10.6. The summed E-state index contributed by atoms with van der Waals surface area (Å²) in [5.41, 5.74) is 7.31. The van der Waals surface area contributed by atoms with Gasteiger partial charge >= 0.3 is 11.7 Å². The molecule has 2 rings (SSSR count). The minimum Gasteiger partial charge on any atom is -0.496 e. The predicted octanol–water partition coefficient (Wildman–Crippen LogP) is 1.80. The van der Waals surface area contributed by atoms with E-state index in [9.17, 15) is 20.0 Å². The fourth-order valence-electron chi connectivity index (χ4n) is 2.74. The number of carboxylic acid groups (broad SMARTS) is 1. The minimum atomic E-state index is -1.19. The second-order valence-electron chi connectivity index (χ2n) is 5.82. The Kier molecular flexibility index (Phi) is 6.57. The highest BCUT2D eigenvalue weighted by atomic mass is 32.2. The molecular formula is C16H20N6O5S. The molecule has 0 saturated heterocycles. The van der Waals surface area contributed by atoms with Crippen LogP contribution < -0.4 is 15.4 Å². The Morgan fingerprint density at radius 2 is 2.11 bits per heavy atom. The van der Waals surface area contributed by atoms with Gasteiger partial charge in [0, 0.05) is 17.3 Å². The lowest BCUT2D eigenvalue weighted by Gasteiger charge is -2.23. The van der Waals surface area contributed by atoms with Crippen LogP contribution in [0.15, 0.2) is 11.2 Å². The number of aliphatic carboxylic acids is 1. The number of nitro groups is 1. The van der Waals surface area contributed by atoms with E-state index in [0.29, 0.717) is 17.0 Å². The van der Waals surface area contributed by atoms with Crippen molar-refractivity contribution in [2.45, 2.75) is 25.4 Å². The highest BCUT2D eigenvalue weighted by Crippen LogP contribution is 2.36. The Morgan fingerprint density at radius 3 is 2.64 bits per heavy atom. The van der Waals surface area contributed by atoms with Crippen LogP contribution in [0.4, 0.5) is 17.5 Å². The van der Waals surface area contributed by atoms with Crippen LogP contribution in [0.3, 0.4) is 0 Å². The molecule has 0 fully saturated rings. The highest BCUT2D eigenvalue weighted by Gasteiger charge is 2.30. The maximum Gasteiger partial charge on any atom is 0.343 e. The largest absolute Gasteiger partial charge is 0.496 e. The van der Waals surface area contributed by atoms with Crippen molar-refractivity contribution in [3.8, 4) is 5.75 Å². The number of nitrogens with zero attached hydrogens (tertiary/aromatic N) is 5. The quantitative estimate of drug-likeness (QED) is 0.284. The lowest BCUT2D eigenvalue weighted by Crippen LogP contribution is -2.32. The SMILES string of the molecule is COc1c(C)cnc(CN(CC(=O)O)c2nc(N)nc(SC)c2[N+](=O)[O-])c1C. The monoisotopic (exact) mass is 408 g/mol. The molecule has 2 heterocycles. The summed E-state index contributed by atoms with van der Waals surface area (Å²) in [6.07, 6.45) is 3.20. The molecule has 11 nitrogen and oxygen atoms in total. The van der Waals surface area contributed by atoms with Crippen molar-refractivity contribution in [1.82, 2.24) is 15.0 Å². The lowest BCUT2D eigenvalue weighted by molar-refractivity contribution is -0.387. The van der Waals surface area contributed by atoms with E-state index in [1.54, 1.807) is 19.4 Å². The number of methoxy groups -OCH3 is 1. The van der Waals surface area contributed by atoms with E-state index in [2.05, 4.69) is 15.0 Å². The third kappa shape index (κ3) is 4.39. The molecule has 0 aliphatic carbocycles. The van der Waals surface area contributed by atoms with Crippen LogP contribution in [0.1, 0.15) is 16.8 Å². The van der Waals surface area contributed by atoms with Crippen molar-refractivity contribution in [2.24, 2.45) is 0 Å². The average Bonchev–Trinajstić information content (AvgIpc) is 2.62. The number of pyridine rings is 1. The summed E-state index contributed by atoms with van der Waals surface area (Å²) < 4.78 is 5.37. The molecule has 0 aliphatic heterocycles. The zero-order valence-electron chi connectivity index (χ0n) is 15.8. The zero-order valence-corrected chi connectivity index (χ0v) is 16.6. The molecule has 0 aliphatic rings. The number of anilines is 2. The van der Waals surface area contributed by atoms with E-state index >= 15 is 0 Å². The third-order valence-electron chi connectivity index (χ3n) is 3.94. The van der Waals surface area contributed by atoms with Crippen molar-refractivity contribution in [3.63, 3.8) is 0 Å². The van der Waals surface area contributed by atoms with Gasteiger partial charge in [0.05, 0.1) is 24.3 Å². The summed E-state index contributed by atoms with van der Waals surface area (Å²) >= 11 is 1.02. The van der Waals surface area contributed by atoms with Gasteiger partial charge in [-0.2, -0.15) is 9.97 Å². The van der Waals surface area contributed by atoms with Crippen LogP contribution >= 0.6 is 11.8 Å². The van der Waals surface area contributed by atoms with Gasteiger partial charge in [-0.3, -0.25) is 19.9 Å². The van der Waals surface area contributed by atoms with Gasteiger partial charge in [0.15, 0.2) is 5.03 Å². The molecule has 0 aromatic carbocycles. The van der Waals surface area contributed by atoms with E-state index in [4.69, 9.17) is 10.5 Å². The molecule has 12 heteroatoms. The smallest absolute Gasteiger partial charge is 0.343 e. The molecule has 0 unspecified atom stereocenters. The molecular weight excluding hydrogens is 388 g/mol. The van der Waals surface area contributed by atoms with Gasteiger partial charge < -0.3 is 20.5 Å². The summed E-state index contributed by atoms with van der Waals surface area (Å²) in [6, 6.07) is 0. The van der Waals surface area contributed by atoms with Gasteiger partial charge in [-0.1, -0.05) is 0 Å². The van der Waals surface area contributed by atoms with E-state index in [-0.39, 0.29) is 23.3 Å². The first-order valence-corrected chi connectivity index (χ1v) is 9.23. The van der Waals surface area contributed by atoms with Crippen LogP contribution in [-0.4, -0.2) is 50.9 Å². The van der Waals surface area contributed by atoms with Crippen LogP contribution in [0.25, 0.3) is 0 Å². The summed E-state index contributed by atoms with van der Waals surface area (Å²) in [5, 5.41) is 21.0. The number of hydrogen-bond donors (Lipinski definition) is 2.